The molecule has 0 aromatic heterocycles. The largest absolute Gasteiger partial charge is 0.444 e. The zero-order chi connectivity index (χ0) is 13.9. The molecule has 0 heterocycles. The van der Waals surface area contributed by atoms with Crippen LogP contribution in [0.2, 0.25) is 0 Å². The molecular formula is C12H14BrF2NO2. The van der Waals surface area contributed by atoms with Crippen LogP contribution in [-0.4, -0.2) is 11.7 Å². The van der Waals surface area contributed by atoms with Gasteiger partial charge in [0.15, 0.2) is 11.6 Å². The van der Waals surface area contributed by atoms with Gasteiger partial charge in [0, 0.05) is 12.1 Å². The molecule has 0 radical (unpaired) electrons. The summed E-state index contributed by atoms with van der Waals surface area (Å²) in [5.41, 5.74) is -0.574. The smallest absolute Gasteiger partial charge is 0.407 e. The minimum Gasteiger partial charge on any atom is -0.444 e. The maximum absolute atomic E-state index is 13.5. The first-order valence-electron chi connectivity index (χ1n) is 5.30. The molecule has 18 heavy (non-hydrogen) atoms. The molecule has 0 saturated carbocycles. The first kappa shape index (κ1) is 14.9. The van der Waals surface area contributed by atoms with Crippen molar-refractivity contribution in [3.8, 4) is 0 Å². The number of rotatable bonds is 2. The van der Waals surface area contributed by atoms with E-state index in [0.29, 0.717) is 0 Å². The van der Waals surface area contributed by atoms with Crippen molar-refractivity contribution in [2.45, 2.75) is 32.9 Å². The Morgan fingerprint density at radius 1 is 1.33 bits per heavy atom. The Bertz CT molecular complexity index is 458. The van der Waals surface area contributed by atoms with Crippen molar-refractivity contribution >= 4 is 22.0 Å². The number of hydrogen-bond donors (Lipinski definition) is 1. The van der Waals surface area contributed by atoms with Crippen LogP contribution < -0.4 is 5.32 Å². The van der Waals surface area contributed by atoms with Crippen LogP contribution in [0.25, 0.3) is 0 Å². The maximum Gasteiger partial charge on any atom is 0.407 e. The van der Waals surface area contributed by atoms with Gasteiger partial charge >= 0.3 is 6.09 Å². The van der Waals surface area contributed by atoms with E-state index in [-0.39, 0.29) is 16.6 Å². The summed E-state index contributed by atoms with van der Waals surface area (Å²) in [5.74, 6) is -1.96. The molecule has 1 rings (SSSR count). The lowest BCUT2D eigenvalue weighted by Gasteiger charge is -2.19. The highest BCUT2D eigenvalue weighted by Gasteiger charge is 2.17. The highest BCUT2D eigenvalue weighted by molar-refractivity contribution is 9.10. The average Bonchev–Trinajstić information content (AvgIpc) is 2.22. The lowest BCUT2D eigenvalue weighted by Crippen LogP contribution is -2.32. The summed E-state index contributed by atoms with van der Waals surface area (Å²) in [6.45, 7) is 5.01. The molecule has 0 aliphatic rings. The third-order valence-corrected chi connectivity index (χ3v) is 2.55. The van der Waals surface area contributed by atoms with E-state index in [1.54, 1.807) is 20.8 Å². The lowest BCUT2D eigenvalue weighted by molar-refractivity contribution is 0.0523. The van der Waals surface area contributed by atoms with Gasteiger partial charge < -0.3 is 10.1 Å². The topological polar surface area (TPSA) is 38.3 Å². The molecule has 0 bridgehead atoms. The quantitative estimate of drug-likeness (QED) is 0.842. The van der Waals surface area contributed by atoms with Gasteiger partial charge in [-0.25, -0.2) is 13.6 Å². The Labute approximate surface area is 113 Å². The van der Waals surface area contributed by atoms with Crippen LogP contribution in [0.4, 0.5) is 13.6 Å². The van der Waals surface area contributed by atoms with Crippen LogP contribution in [-0.2, 0) is 11.3 Å². The van der Waals surface area contributed by atoms with Crippen LogP contribution in [0.1, 0.15) is 26.3 Å². The fourth-order valence-corrected chi connectivity index (χ4v) is 1.49. The monoisotopic (exact) mass is 321 g/mol. The minimum atomic E-state index is -0.986. The molecule has 3 nitrogen and oxygen atoms in total. The first-order valence-corrected chi connectivity index (χ1v) is 6.09. The Balaban J connectivity index is 2.65. The van der Waals surface area contributed by atoms with Gasteiger partial charge in [0.2, 0.25) is 0 Å². The minimum absolute atomic E-state index is 0.0426. The number of benzene rings is 1. The molecule has 1 amide bonds. The average molecular weight is 322 g/mol. The second kappa shape index (κ2) is 5.65. The van der Waals surface area contributed by atoms with Gasteiger partial charge in [0.05, 0.1) is 4.47 Å². The SMILES string of the molecule is CC(C)(C)OC(=O)NCc1ccc(Br)c(F)c1F. The summed E-state index contributed by atoms with van der Waals surface area (Å²) in [7, 11) is 0. The predicted molar refractivity (Wildman–Crippen MR) is 67.1 cm³/mol. The second-order valence-electron chi connectivity index (χ2n) is 4.69. The summed E-state index contributed by atoms with van der Waals surface area (Å²) in [4.78, 5) is 11.3. The third-order valence-electron chi connectivity index (χ3n) is 1.94. The van der Waals surface area contributed by atoms with Crippen molar-refractivity contribution in [3.63, 3.8) is 0 Å². The van der Waals surface area contributed by atoms with E-state index in [1.807, 2.05) is 0 Å². The zero-order valence-corrected chi connectivity index (χ0v) is 11.9. The van der Waals surface area contributed by atoms with Gasteiger partial charge in [-0.05, 0) is 42.8 Å². The van der Waals surface area contributed by atoms with Crippen molar-refractivity contribution in [2.75, 3.05) is 0 Å². The van der Waals surface area contributed by atoms with Gasteiger partial charge in [-0.15, -0.1) is 0 Å². The summed E-state index contributed by atoms with van der Waals surface area (Å²) in [5, 5.41) is 2.36. The highest BCUT2D eigenvalue weighted by atomic mass is 79.9. The molecule has 6 heteroatoms. The number of ether oxygens (including phenoxy) is 1. The van der Waals surface area contributed by atoms with Crippen LogP contribution in [0.15, 0.2) is 16.6 Å². The molecule has 0 atom stereocenters. The highest BCUT2D eigenvalue weighted by Crippen LogP contribution is 2.20. The van der Waals surface area contributed by atoms with Crippen LogP contribution in [0.3, 0.4) is 0 Å². The van der Waals surface area contributed by atoms with Crippen molar-refractivity contribution in [3.05, 3.63) is 33.8 Å². The predicted octanol–water partition coefficient (Wildman–Crippen LogP) is 3.75. The maximum atomic E-state index is 13.5. The van der Waals surface area contributed by atoms with E-state index in [4.69, 9.17) is 4.74 Å². The standard InChI is InChI=1S/C12H14BrF2NO2/c1-12(2,3)18-11(17)16-6-7-4-5-8(13)10(15)9(7)14/h4-5H,6H2,1-3H3,(H,16,17). The number of alkyl carbamates (subject to hydrolysis) is 1. The van der Waals surface area contributed by atoms with E-state index < -0.39 is 23.3 Å². The summed E-state index contributed by atoms with van der Waals surface area (Å²) in [6.07, 6.45) is -0.676. The van der Waals surface area contributed by atoms with Crippen LogP contribution in [0, 0.1) is 11.6 Å². The zero-order valence-electron chi connectivity index (χ0n) is 10.3. The molecule has 0 saturated heterocycles. The number of hydrogen-bond acceptors (Lipinski definition) is 2. The molecular weight excluding hydrogens is 308 g/mol. The fourth-order valence-electron chi connectivity index (χ4n) is 1.18. The number of amides is 1. The summed E-state index contributed by atoms with van der Waals surface area (Å²) in [6, 6.07) is 2.77. The number of carbonyl (C=O) groups excluding carboxylic acids is 1. The van der Waals surface area contributed by atoms with E-state index in [1.165, 1.54) is 12.1 Å². The van der Waals surface area contributed by atoms with Gasteiger partial charge in [-0.3, -0.25) is 0 Å². The number of carbonyl (C=O) groups is 1. The van der Waals surface area contributed by atoms with E-state index in [9.17, 15) is 13.6 Å². The van der Waals surface area contributed by atoms with Gasteiger partial charge in [-0.1, -0.05) is 6.07 Å². The molecule has 1 aromatic carbocycles. The van der Waals surface area contributed by atoms with Gasteiger partial charge in [0.25, 0.3) is 0 Å². The van der Waals surface area contributed by atoms with Gasteiger partial charge in [-0.2, -0.15) is 0 Å². The Hall–Kier alpha value is -1.17. The van der Waals surface area contributed by atoms with E-state index in [2.05, 4.69) is 21.2 Å². The van der Waals surface area contributed by atoms with E-state index in [0.717, 1.165) is 0 Å². The van der Waals surface area contributed by atoms with Crippen molar-refractivity contribution in [1.29, 1.82) is 0 Å². The molecule has 0 spiro atoms. The molecule has 100 valence electrons. The molecule has 1 aromatic rings. The fraction of sp³-hybridized carbons (Fsp3) is 0.417. The van der Waals surface area contributed by atoms with Gasteiger partial charge in [0.1, 0.15) is 5.60 Å². The third kappa shape index (κ3) is 4.25. The van der Waals surface area contributed by atoms with Crippen molar-refractivity contribution < 1.29 is 18.3 Å². The number of nitrogens with one attached hydrogen (secondary N) is 1. The first-order chi connectivity index (χ1) is 8.20. The molecule has 0 unspecified atom stereocenters. The molecule has 0 aliphatic carbocycles. The normalized spacial score (nSPS) is 11.2. The van der Waals surface area contributed by atoms with Crippen molar-refractivity contribution in [1.82, 2.24) is 5.32 Å². The lowest BCUT2D eigenvalue weighted by atomic mass is 10.2. The van der Waals surface area contributed by atoms with Crippen LogP contribution in [0.5, 0.6) is 0 Å². The number of halogens is 3. The molecule has 1 N–H and O–H groups in total. The molecule has 0 aliphatic heterocycles. The van der Waals surface area contributed by atoms with Crippen molar-refractivity contribution in [2.24, 2.45) is 0 Å². The van der Waals surface area contributed by atoms with E-state index >= 15 is 0 Å². The van der Waals surface area contributed by atoms with Crippen LogP contribution >= 0.6 is 15.9 Å². The summed E-state index contributed by atoms with van der Waals surface area (Å²) < 4.78 is 31.7. The second-order valence-corrected chi connectivity index (χ2v) is 5.54. The summed E-state index contributed by atoms with van der Waals surface area (Å²) >= 11 is 2.87. The Morgan fingerprint density at radius 2 is 1.94 bits per heavy atom. The Morgan fingerprint density at radius 3 is 2.50 bits per heavy atom. The molecule has 0 fully saturated rings. The Kier molecular flexibility index (Phi) is 4.67.